The molecule has 0 heterocycles. The van der Waals surface area contributed by atoms with Crippen molar-refractivity contribution in [2.45, 2.75) is 38.3 Å². The van der Waals surface area contributed by atoms with Crippen LogP contribution in [0.3, 0.4) is 0 Å². The minimum atomic E-state index is -0.0592. The number of nitrogens with zero attached hydrogens (tertiary/aromatic N) is 1. The molecule has 12 heavy (non-hydrogen) atoms. The molecule has 1 rings (SSSR count). The molecule has 1 saturated carbocycles. The zero-order chi connectivity index (χ0) is 9.35. The Labute approximate surface area is 75.8 Å². The molecule has 1 N–H and O–H groups in total. The van der Waals surface area contributed by atoms with Crippen molar-refractivity contribution in [3.05, 3.63) is 0 Å². The highest BCUT2D eigenvalue weighted by molar-refractivity contribution is 4.76. The van der Waals surface area contributed by atoms with Crippen LogP contribution < -0.4 is 0 Å². The van der Waals surface area contributed by atoms with Crippen LogP contribution in [-0.2, 0) is 0 Å². The van der Waals surface area contributed by atoms with E-state index in [1.165, 1.54) is 6.42 Å². The maximum atomic E-state index is 9.60. The maximum absolute atomic E-state index is 9.60. The highest BCUT2D eigenvalue weighted by atomic mass is 16.3. The molecule has 3 atom stereocenters. The van der Waals surface area contributed by atoms with Gasteiger partial charge in [0.2, 0.25) is 0 Å². The normalized spacial score (nSPS) is 38.2. The van der Waals surface area contributed by atoms with Crippen molar-refractivity contribution >= 4 is 0 Å². The number of aliphatic hydroxyl groups excluding tert-OH is 1. The summed E-state index contributed by atoms with van der Waals surface area (Å²) in [5.41, 5.74) is 0. The molecular weight excluding hydrogens is 150 g/mol. The van der Waals surface area contributed by atoms with Gasteiger partial charge in [-0.1, -0.05) is 6.92 Å². The zero-order valence-electron chi connectivity index (χ0n) is 8.75. The Balaban J connectivity index is 2.55. The average Bonchev–Trinajstić information content (AvgIpc) is 1.82. The van der Waals surface area contributed by atoms with Gasteiger partial charge in [0.25, 0.3) is 0 Å². The van der Waals surface area contributed by atoms with E-state index in [2.05, 4.69) is 28.1 Å². The van der Waals surface area contributed by atoms with E-state index in [1.807, 2.05) is 0 Å². The van der Waals surface area contributed by atoms with Crippen LogP contribution in [0.15, 0.2) is 0 Å². The molecule has 72 valence electrons. The molecule has 1 aliphatic carbocycles. The average molecular weight is 172 g/mol. The molecule has 3 unspecified atom stereocenters. The molecule has 1 fully saturated rings. The number of hydrogen-bond donors (Lipinski definition) is 1. The van der Waals surface area contributed by atoms with Gasteiger partial charge in [-0.25, -0.2) is 0 Å². The minimum absolute atomic E-state index is 0.0592. The predicted molar refractivity (Wildman–Crippen MR) is 50.8 cm³/mol. The van der Waals surface area contributed by atoms with Gasteiger partial charge >= 0.3 is 0 Å². The van der Waals surface area contributed by atoms with Gasteiger partial charge in [0, 0.05) is 12.8 Å². The summed E-state index contributed by atoms with van der Waals surface area (Å²) in [7, 11) is 6.65. The molecule has 0 aromatic rings. The fraction of sp³-hybridized carbons (Fsp3) is 1.00. The van der Waals surface area contributed by atoms with Crippen LogP contribution in [0, 0.1) is 5.92 Å². The van der Waals surface area contributed by atoms with Crippen LogP contribution in [0.4, 0.5) is 0 Å². The van der Waals surface area contributed by atoms with Crippen LogP contribution in [0.1, 0.15) is 26.2 Å². The van der Waals surface area contributed by atoms with Crippen LogP contribution in [0.2, 0.25) is 0 Å². The van der Waals surface area contributed by atoms with Crippen molar-refractivity contribution in [2.75, 3.05) is 21.1 Å². The largest absolute Gasteiger partial charge is 0.393 e. The quantitative estimate of drug-likeness (QED) is 0.590. The van der Waals surface area contributed by atoms with Gasteiger partial charge in [-0.2, -0.15) is 0 Å². The maximum Gasteiger partial charge on any atom is 0.0911 e. The second-order valence-corrected chi connectivity index (χ2v) is 5.24. The Kier molecular flexibility index (Phi) is 2.79. The summed E-state index contributed by atoms with van der Waals surface area (Å²) >= 11 is 0. The molecule has 0 radical (unpaired) electrons. The first-order valence-corrected chi connectivity index (χ1v) is 4.88. The Hall–Kier alpha value is -0.0800. The molecule has 0 aromatic heterocycles. The predicted octanol–water partition coefficient (Wildman–Crippen LogP) is 1.24. The number of quaternary nitrogens is 1. The van der Waals surface area contributed by atoms with E-state index < -0.39 is 0 Å². The second-order valence-electron chi connectivity index (χ2n) is 5.24. The fourth-order valence-corrected chi connectivity index (χ4v) is 2.16. The van der Waals surface area contributed by atoms with Crippen molar-refractivity contribution in [3.63, 3.8) is 0 Å². The van der Waals surface area contributed by atoms with Gasteiger partial charge in [-0.15, -0.1) is 0 Å². The van der Waals surface area contributed by atoms with Crippen molar-refractivity contribution in [1.29, 1.82) is 0 Å². The summed E-state index contributed by atoms with van der Waals surface area (Å²) in [6.45, 7) is 2.24. The minimum Gasteiger partial charge on any atom is -0.393 e. The standard InChI is InChI=1S/C10H22NO/c1-8-5-9(11(2,3)4)7-10(12)6-8/h8-10,12H,5-7H2,1-4H3/q+1. The van der Waals surface area contributed by atoms with E-state index in [4.69, 9.17) is 0 Å². The summed E-state index contributed by atoms with van der Waals surface area (Å²) < 4.78 is 0.988. The third kappa shape index (κ3) is 2.46. The van der Waals surface area contributed by atoms with Crippen molar-refractivity contribution in [1.82, 2.24) is 0 Å². The lowest BCUT2D eigenvalue weighted by Gasteiger charge is -2.40. The first-order chi connectivity index (χ1) is 5.39. The third-order valence-electron chi connectivity index (χ3n) is 2.99. The van der Waals surface area contributed by atoms with E-state index in [9.17, 15) is 5.11 Å². The first-order valence-electron chi connectivity index (χ1n) is 4.88. The van der Waals surface area contributed by atoms with E-state index >= 15 is 0 Å². The molecule has 0 bridgehead atoms. The molecule has 2 nitrogen and oxygen atoms in total. The summed E-state index contributed by atoms with van der Waals surface area (Å²) in [5, 5.41) is 9.60. The highest BCUT2D eigenvalue weighted by Crippen LogP contribution is 2.28. The monoisotopic (exact) mass is 172 g/mol. The van der Waals surface area contributed by atoms with Gasteiger partial charge in [0.05, 0.1) is 33.3 Å². The summed E-state index contributed by atoms with van der Waals surface area (Å²) in [4.78, 5) is 0. The van der Waals surface area contributed by atoms with Crippen LogP contribution in [0.5, 0.6) is 0 Å². The Morgan fingerprint density at radius 3 is 2.08 bits per heavy atom. The van der Waals surface area contributed by atoms with E-state index in [-0.39, 0.29) is 6.10 Å². The number of aliphatic hydroxyl groups is 1. The topological polar surface area (TPSA) is 20.2 Å². The Bertz CT molecular complexity index is 140. The van der Waals surface area contributed by atoms with Crippen molar-refractivity contribution in [3.8, 4) is 0 Å². The molecule has 0 saturated heterocycles. The number of hydrogen-bond acceptors (Lipinski definition) is 1. The smallest absolute Gasteiger partial charge is 0.0911 e. The molecule has 0 aromatic carbocycles. The van der Waals surface area contributed by atoms with Gasteiger partial charge in [0.1, 0.15) is 0 Å². The third-order valence-corrected chi connectivity index (χ3v) is 2.99. The fourth-order valence-electron chi connectivity index (χ4n) is 2.16. The van der Waals surface area contributed by atoms with Crippen LogP contribution in [0.25, 0.3) is 0 Å². The second kappa shape index (κ2) is 3.35. The van der Waals surface area contributed by atoms with Gasteiger partial charge < -0.3 is 9.59 Å². The molecule has 0 spiro atoms. The zero-order valence-corrected chi connectivity index (χ0v) is 8.75. The molecular formula is C10H22NO+. The molecule has 0 amide bonds. The molecule has 1 aliphatic rings. The molecule has 2 heteroatoms. The summed E-state index contributed by atoms with van der Waals surface area (Å²) in [5.74, 6) is 0.691. The van der Waals surface area contributed by atoms with Crippen LogP contribution >= 0.6 is 0 Å². The SMILES string of the molecule is CC1CC(O)CC([N+](C)(C)C)C1. The lowest BCUT2D eigenvalue weighted by molar-refractivity contribution is -0.898. The lowest BCUT2D eigenvalue weighted by atomic mass is 9.84. The van der Waals surface area contributed by atoms with E-state index in [1.54, 1.807) is 0 Å². The Morgan fingerprint density at radius 2 is 1.67 bits per heavy atom. The number of rotatable bonds is 1. The van der Waals surface area contributed by atoms with Gasteiger partial charge in [-0.05, 0) is 12.3 Å². The van der Waals surface area contributed by atoms with Crippen LogP contribution in [-0.4, -0.2) is 42.9 Å². The van der Waals surface area contributed by atoms with E-state index in [0.717, 1.165) is 17.3 Å². The van der Waals surface area contributed by atoms with E-state index in [0.29, 0.717) is 12.0 Å². The van der Waals surface area contributed by atoms with Crippen molar-refractivity contribution < 1.29 is 9.59 Å². The summed E-state index contributed by atoms with van der Waals surface area (Å²) in [6.07, 6.45) is 3.18. The summed E-state index contributed by atoms with van der Waals surface area (Å²) in [6, 6.07) is 0.642. The van der Waals surface area contributed by atoms with Crippen molar-refractivity contribution in [2.24, 2.45) is 5.92 Å². The first kappa shape index (κ1) is 10.0. The van der Waals surface area contributed by atoms with Gasteiger partial charge in [0.15, 0.2) is 0 Å². The lowest BCUT2D eigenvalue weighted by Crippen LogP contribution is -2.49. The molecule has 0 aliphatic heterocycles. The van der Waals surface area contributed by atoms with Gasteiger partial charge in [-0.3, -0.25) is 0 Å². The Morgan fingerprint density at radius 1 is 1.08 bits per heavy atom. The highest BCUT2D eigenvalue weighted by Gasteiger charge is 2.33.